The first-order chi connectivity index (χ1) is 8.93. The number of carbonyl (C=O) groups is 2. The van der Waals surface area contributed by atoms with Gasteiger partial charge in [0.05, 0.1) is 19.3 Å². The summed E-state index contributed by atoms with van der Waals surface area (Å²) in [4.78, 5) is 27.3. The Balaban J connectivity index is 2.46. The fourth-order valence-electron chi connectivity index (χ4n) is 1.50. The van der Waals surface area contributed by atoms with Crippen LogP contribution >= 0.6 is 11.3 Å². The molecule has 1 heterocycles. The van der Waals surface area contributed by atoms with E-state index in [9.17, 15) is 9.59 Å². The second-order valence-electron chi connectivity index (χ2n) is 4.47. The van der Waals surface area contributed by atoms with E-state index in [2.05, 4.69) is 20.4 Å². The highest BCUT2D eigenvalue weighted by molar-refractivity contribution is 7.13. The number of ether oxygens (including phenoxy) is 1. The van der Waals surface area contributed by atoms with Crippen LogP contribution in [0.2, 0.25) is 0 Å². The first-order valence-electron chi connectivity index (χ1n) is 5.97. The molecule has 0 aliphatic heterocycles. The second-order valence-corrected chi connectivity index (χ2v) is 5.33. The number of anilines is 1. The molecule has 0 aromatic carbocycles. The maximum atomic E-state index is 11.7. The van der Waals surface area contributed by atoms with E-state index in [1.54, 1.807) is 0 Å². The number of nitrogens with zero attached hydrogens (tertiary/aromatic N) is 1. The number of hydrogen-bond donors (Lipinski definition) is 2. The van der Waals surface area contributed by atoms with Crippen molar-refractivity contribution in [3.8, 4) is 0 Å². The van der Waals surface area contributed by atoms with Gasteiger partial charge in [0.1, 0.15) is 6.04 Å². The number of esters is 1. The molecule has 1 aromatic rings. The molecular formula is C12H19N3O3S. The molecule has 0 aliphatic carbocycles. The van der Waals surface area contributed by atoms with Gasteiger partial charge in [0, 0.05) is 5.38 Å². The summed E-state index contributed by atoms with van der Waals surface area (Å²) in [5.41, 5.74) is 0.864. The maximum Gasteiger partial charge on any atom is 0.323 e. The van der Waals surface area contributed by atoms with Gasteiger partial charge >= 0.3 is 5.97 Å². The summed E-state index contributed by atoms with van der Waals surface area (Å²) in [6.07, 6.45) is 0. The third kappa shape index (κ3) is 4.96. The fraction of sp³-hybridized carbons (Fsp3) is 0.583. The standard InChI is InChI=1S/C12H19N3O3S/c1-7(2)10(11(17)18-4)13-5-9(16)15-12-14-8(3)6-19-12/h6-7,10,13H,5H2,1-4H3,(H,14,15,16). The number of thiazole rings is 1. The van der Waals surface area contributed by atoms with Gasteiger partial charge in [-0.25, -0.2) is 4.98 Å². The van der Waals surface area contributed by atoms with Gasteiger partial charge < -0.3 is 10.1 Å². The largest absolute Gasteiger partial charge is 0.468 e. The Kier molecular flexibility index (Phi) is 5.91. The average molecular weight is 285 g/mol. The number of hydrogen-bond acceptors (Lipinski definition) is 6. The normalized spacial score (nSPS) is 12.3. The van der Waals surface area contributed by atoms with Gasteiger partial charge in [0.15, 0.2) is 5.13 Å². The van der Waals surface area contributed by atoms with Gasteiger partial charge in [-0.2, -0.15) is 0 Å². The number of amides is 1. The van der Waals surface area contributed by atoms with Crippen LogP contribution in [0.3, 0.4) is 0 Å². The molecule has 0 radical (unpaired) electrons. The second kappa shape index (κ2) is 7.20. The highest BCUT2D eigenvalue weighted by Crippen LogP contribution is 2.13. The average Bonchev–Trinajstić information content (AvgIpc) is 2.74. The summed E-state index contributed by atoms with van der Waals surface area (Å²) in [6.45, 7) is 5.67. The van der Waals surface area contributed by atoms with Crippen molar-refractivity contribution >= 4 is 28.3 Å². The molecule has 7 heteroatoms. The van der Waals surface area contributed by atoms with Crippen molar-refractivity contribution in [2.24, 2.45) is 5.92 Å². The molecule has 1 atom stereocenters. The molecule has 6 nitrogen and oxygen atoms in total. The molecule has 1 aromatic heterocycles. The van der Waals surface area contributed by atoms with Crippen LogP contribution in [0.25, 0.3) is 0 Å². The Morgan fingerprint density at radius 3 is 2.63 bits per heavy atom. The molecule has 19 heavy (non-hydrogen) atoms. The number of methoxy groups -OCH3 is 1. The van der Waals surface area contributed by atoms with Gasteiger partial charge in [-0.1, -0.05) is 13.8 Å². The molecule has 0 spiro atoms. The van der Waals surface area contributed by atoms with Gasteiger partial charge in [0.2, 0.25) is 5.91 Å². The van der Waals surface area contributed by atoms with Crippen LogP contribution < -0.4 is 10.6 Å². The predicted octanol–water partition coefficient (Wildman–Crippen LogP) is 1.18. The first-order valence-corrected chi connectivity index (χ1v) is 6.85. The zero-order valence-corrected chi connectivity index (χ0v) is 12.3. The first kappa shape index (κ1) is 15.6. The topological polar surface area (TPSA) is 80.3 Å². The quantitative estimate of drug-likeness (QED) is 0.767. The van der Waals surface area contributed by atoms with Crippen LogP contribution in [0.5, 0.6) is 0 Å². The summed E-state index contributed by atoms with van der Waals surface area (Å²) < 4.78 is 4.68. The molecule has 106 valence electrons. The minimum Gasteiger partial charge on any atom is -0.468 e. The number of rotatable bonds is 6. The summed E-state index contributed by atoms with van der Waals surface area (Å²) >= 11 is 1.37. The van der Waals surface area contributed by atoms with E-state index in [1.807, 2.05) is 26.2 Å². The molecule has 1 rings (SSSR count). The molecule has 0 fully saturated rings. The maximum absolute atomic E-state index is 11.7. The number of aromatic nitrogens is 1. The van der Waals surface area contributed by atoms with Crippen molar-refractivity contribution in [2.75, 3.05) is 19.0 Å². The summed E-state index contributed by atoms with van der Waals surface area (Å²) in [7, 11) is 1.33. The Morgan fingerprint density at radius 1 is 1.47 bits per heavy atom. The highest BCUT2D eigenvalue weighted by atomic mass is 32.1. The Hall–Kier alpha value is -1.47. The highest BCUT2D eigenvalue weighted by Gasteiger charge is 2.23. The molecular weight excluding hydrogens is 266 g/mol. The van der Waals surface area contributed by atoms with Gasteiger partial charge in [0.25, 0.3) is 0 Å². The molecule has 1 unspecified atom stereocenters. The minimum absolute atomic E-state index is 0.0383. The van der Waals surface area contributed by atoms with Crippen LogP contribution in [0, 0.1) is 12.8 Å². The lowest BCUT2D eigenvalue weighted by Gasteiger charge is -2.19. The van der Waals surface area contributed by atoms with Crippen molar-refractivity contribution in [3.05, 3.63) is 11.1 Å². The lowest BCUT2D eigenvalue weighted by atomic mass is 10.0. The van der Waals surface area contributed by atoms with Crippen molar-refractivity contribution < 1.29 is 14.3 Å². The van der Waals surface area contributed by atoms with Crippen LogP contribution in [-0.4, -0.2) is 36.6 Å². The molecule has 2 N–H and O–H groups in total. The Labute approximate surface area is 116 Å². The summed E-state index contributed by atoms with van der Waals surface area (Å²) in [5.74, 6) is -0.556. The van der Waals surface area contributed by atoms with E-state index in [0.29, 0.717) is 5.13 Å². The minimum atomic E-state index is -0.492. The summed E-state index contributed by atoms with van der Waals surface area (Å²) in [5, 5.41) is 7.97. The zero-order chi connectivity index (χ0) is 14.4. The predicted molar refractivity (Wildman–Crippen MR) is 74.1 cm³/mol. The SMILES string of the molecule is COC(=O)C(NCC(=O)Nc1nc(C)cs1)C(C)C. The van der Waals surface area contributed by atoms with Crippen LogP contribution in [0.15, 0.2) is 5.38 Å². The van der Waals surface area contributed by atoms with Crippen LogP contribution in [0.1, 0.15) is 19.5 Å². The smallest absolute Gasteiger partial charge is 0.323 e. The van der Waals surface area contributed by atoms with E-state index < -0.39 is 6.04 Å². The Morgan fingerprint density at radius 2 is 2.16 bits per heavy atom. The van der Waals surface area contributed by atoms with Crippen molar-refractivity contribution in [3.63, 3.8) is 0 Å². The van der Waals surface area contributed by atoms with Crippen molar-refractivity contribution in [1.82, 2.24) is 10.3 Å². The number of nitrogens with one attached hydrogen (secondary N) is 2. The molecule has 1 amide bonds. The molecule has 0 aliphatic rings. The Bertz CT molecular complexity index is 445. The van der Waals surface area contributed by atoms with Crippen molar-refractivity contribution in [2.45, 2.75) is 26.8 Å². The molecule has 0 saturated carbocycles. The van der Waals surface area contributed by atoms with E-state index in [0.717, 1.165) is 5.69 Å². The van der Waals surface area contributed by atoms with Crippen molar-refractivity contribution in [1.29, 1.82) is 0 Å². The summed E-state index contributed by atoms with van der Waals surface area (Å²) in [6, 6.07) is -0.492. The van der Waals surface area contributed by atoms with Crippen LogP contribution in [0.4, 0.5) is 5.13 Å². The van der Waals surface area contributed by atoms with E-state index in [-0.39, 0.29) is 24.3 Å². The van der Waals surface area contributed by atoms with E-state index in [4.69, 9.17) is 0 Å². The van der Waals surface area contributed by atoms with E-state index >= 15 is 0 Å². The monoisotopic (exact) mass is 285 g/mol. The van der Waals surface area contributed by atoms with Gasteiger partial charge in [-0.15, -0.1) is 11.3 Å². The third-order valence-corrected chi connectivity index (χ3v) is 3.35. The zero-order valence-electron chi connectivity index (χ0n) is 11.5. The number of carbonyl (C=O) groups excluding carboxylic acids is 2. The lowest BCUT2D eigenvalue weighted by molar-refractivity contribution is -0.144. The molecule has 0 saturated heterocycles. The van der Waals surface area contributed by atoms with Crippen LogP contribution in [-0.2, 0) is 14.3 Å². The lowest BCUT2D eigenvalue weighted by Crippen LogP contribution is -2.45. The van der Waals surface area contributed by atoms with Gasteiger partial charge in [-0.3, -0.25) is 14.9 Å². The van der Waals surface area contributed by atoms with E-state index in [1.165, 1.54) is 18.4 Å². The third-order valence-electron chi connectivity index (χ3n) is 2.47. The fourth-order valence-corrected chi connectivity index (χ4v) is 2.20. The van der Waals surface area contributed by atoms with Gasteiger partial charge in [-0.05, 0) is 12.8 Å². The number of aryl methyl sites for hydroxylation is 1. The molecule has 0 bridgehead atoms.